The molecule has 9 nitrogen and oxygen atoms in total. The Hall–Kier alpha value is -3.54. The molecule has 9 heteroatoms. The highest BCUT2D eigenvalue weighted by atomic mass is 16.6. The van der Waals surface area contributed by atoms with Crippen molar-refractivity contribution in [2.24, 2.45) is 0 Å². The van der Waals surface area contributed by atoms with E-state index in [0.29, 0.717) is 29.2 Å². The highest BCUT2D eigenvalue weighted by Crippen LogP contribution is 2.45. The number of nitrogens with one attached hydrogen (secondary N) is 1. The number of nitriles is 1. The van der Waals surface area contributed by atoms with Gasteiger partial charge >= 0.3 is 6.09 Å². The summed E-state index contributed by atoms with van der Waals surface area (Å²) in [4.78, 5) is 24.9. The van der Waals surface area contributed by atoms with E-state index in [0.717, 1.165) is 30.3 Å². The first-order chi connectivity index (χ1) is 13.6. The molecule has 0 unspecified atom stereocenters. The number of aromatic nitrogens is 5. The molecule has 5 rings (SSSR count). The summed E-state index contributed by atoms with van der Waals surface area (Å²) in [6, 6.07) is 6.10. The first-order valence-corrected chi connectivity index (χ1v) is 9.17. The average Bonchev–Trinajstić information content (AvgIpc) is 3.04. The SMILES string of the molecule is C[C@@H]1OC(=O)Nc2ncnc(-c3nn(C4(CC#N)CCC4)c4ncccc34)c21. The monoisotopic (exact) mass is 375 g/mol. The van der Waals surface area contributed by atoms with Crippen molar-refractivity contribution in [3.63, 3.8) is 0 Å². The van der Waals surface area contributed by atoms with Crippen molar-refractivity contribution in [3.8, 4) is 17.5 Å². The number of carbonyl (C=O) groups is 1. The number of carbonyl (C=O) groups excluding carboxylic acids is 1. The van der Waals surface area contributed by atoms with Crippen molar-refractivity contribution in [2.75, 3.05) is 5.32 Å². The van der Waals surface area contributed by atoms with Crippen LogP contribution in [0.5, 0.6) is 0 Å². The number of anilines is 1. The van der Waals surface area contributed by atoms with Crippen LogP contribution in [0.1, 0.15) is 44.3 Å². The van der Waals surface area contributed by atoms with E-state index in [2.05, 4.69) is 26.3 Å². The van der Waals surface area contributed by atoms with Crippen LogP contribution in [0.25, 0.3) is 22.4 Å². The second kappa shape index (κ2) is 5.99. The Bertz CT molecular complexity index is 1140. The summed E-state index contributed by atoms with van der Waals surface area (Å²) < 4.78 is 7.20. The van der Waals surface area contributed by atoms with Gasteiger partial charge in [0.1, 0.15) is 29.6 Å². The van der Waals surface area contributed by atoms with Gasteiger partial charge in [0.2, 0.25) is 0 Å². The Morgan fingerprint density at radius 3 is 2.96 bits per heavy atom. The molecule has 1 fully saturated rings. The molecular weight excluding hydrogens is 358 g/mol. The topological polar surface area (TPSA) is 119 Å². The summed E-state index contributed by atoms with van der Waals surface area (Å²) in [6.07, 6.45) is 5.32. The van der Waals surface area contributed by atoms with Gasteiger partial charge in [0.15, 0.2) is 5.65 Å². The molecule has 4 heterocycles. The molecule has 0 spiro atoms. The van der Waals surface area contributed by atoms with Crippen LogP contribution < -0.4 is 5.32 Å². The Balaban J connectivity index is 1.76. The van der Waals surface area contributed by atoms with Crippen molar-refractivity contribution < 1.29 is 9.53 Å². The molecule has 140 valence electrons. The van der Waals surface area contributed by atoms with E-state index in [9.17, 15) is 10.1 Å². The summed E-state index contributed by atoms with van der Waals surface area (Å²) in [5.41, 5.74) is 2.33. The number of rotatable bonds is 3. The lowest BCUT2D eigenvalue weighted by Crippen LogP contribution is -2.41. The molecule has 0 radical (unpaired) electrons. The molecule has 1 N–H and O–H groups in total. The van der Waals surface area contributed by atoms with Gasteiger partial charge in [-0.1, -0.05) is 0 Å². The first kappa shape index (κ1) is 16.6. The second-order valence-electron chi connectivity index (χ2n) is 7.20. The third kappa shape index (κ3) is 2.27. The number of hydrogen-bond donors (Lipinski definition) is 1. The lowest BCUT2D eigenvalue weighted by atomic mass is 9.75. The number of cyclic esters (lactones) is 1. The number of nitrogens with zero attached hydrogens (tertiary/aromatic N) is 6. The van der Waals surface area contributed by atoms with Crippen molar-refractivity contribution in [2.45, 2.75) is 44.2 Å². The lowest BCUT2D eigenvalue weighted by molar-refractivity contribution is 0.116. The summed E-state index contributed by atoms with van der Waals surface area (Å²) in [5.74, 6) is 0.427. The molecule has 1 atom stereocenters. The smallest absolute Gasteiger partial charge is 0.413 e. The van der Waals surface area contributed by atoms with Gasteiger partial charge in [-0.15, -0.1) is 0 Å². The minimum atomic E-state index is -0.538. The fourth-order valence-corrected chi connectivity index (χ4v) is 4.07. The van der Waals surface area contributed by atoms with Gasteiger partial charge in [0.25, 0.3) is 0 Å². The predicted molar refractivity (Wildman–Crippen MR) is 99.1 cm³/mol. The van der Waals surface area contributed by atoms with E-state index in [-0.39, 0.29) is 5.54 Å². The van der Waals surface area contributed by atoms with Crippen molar-refractivity contribution in [1.82, 2.24) is 24.7 Å². The number of pyridine rings is 1. The van der Waals surface area contributed by atoms with Gasteiger partial charge in [-0.2, -0.15) is 10.4 Å². The zero-order chi connectivity index (χ0) is 19.3. The number of amides is 1. The Morgan fingerprint density at radius 1 is 1.36 bits per heavy atom. The van der Waals surface area contributed by atoms with E-state index in [1.54, 1.807) is 13.1 Å². The van der Waals surface area contributed by atoms with Crippen LogP contribution in [0, 0.1) is 11.3 Å². The summed E-state index contributed by atoms with van der Waals surface area (Å²) >= 11 is 0. The highest BCUT2D eigenvalue weighted by Gasteiger charge is 2.42. The zero-order valence-electron chi connectivity index (χ0n) is 15.2. The molecule has 0 aromatic carbocycles. The molecule has 1 saturated carbocycles. The van der Waals surface area contributed by atoms with Crippen LogP contribution in [0.2, 0.25) is 0 Å². The minimum absolute atomic E-state index is 0.330. The van der Waals surface area contributed by atoms with Gasteiger partial charge in [-0.3, -0.25) is 5.32 Å². The molecule has 28 heavy (non-hydrogen) atoms. The van der Waals surface area contributed by atoms with E-state index in [1.807, 2.05) is 16.8 Å². The maximum absolute atomic E-state index is 11.7. The molecule has 2 aliphatic rings. The predicted octanol–water partition coefficient (Wildman–Crippen LogP) is 3.30. The molecule has 0 saturated heterocycles. The average molecular weight is 375 g/mol. The van der Waals surface area contributed by atoms with E-state index >= 15 is 0 Å². The molecule has 1 amide bonds. The number of fused-ring (bicyclic) bond motifs is 2. The van der Waals surface area contributed by atoms with Crippen molar-refractivity contribution in [3.05, 3.63) is 30.2 Å². The van der Waals surface area contributed by atoms with Crippen LogP contribution in [0.4, 0.5) is 10.6 Å². The lowest BCUT2D eigenvalue weighted by Gasteiger charge is -2.40. The quantitative estimate of drug-likeness (QED) is 0.746. The fourth-order valence-electron chi connectivity index (χ4n) is 4.07. The largest absolute Gasteiger partial charge is 0.441 e. The Kier molecular flexibility index (Phi) is 3.55. The molecular formula is C19H17N7O2. The fraction of sp³-hybridized carbons (Fsp3) is 0.368. The third-order valence-electron chi connectivity index (χ3n) is 5.60. The standard InChI is InChI=1S/C19H17N7O2/c1-11-13-15(22-10-23-16(13)24-18(27)28-11)14-12-4-2-9-21-17(12)26(25-14)19(7-8-20)5-3-6-19/h2,4,9-11H,3,5-7H2,1H3,(H,22,23,24,27)/t11-/m0/s1. The second-order valence-corrected chi connectivity index (χ2v) is 7.20. The third-order valence-corrected chi connectivity index (χ3v) is 5.60. The Morgan fingerprint density at radius 2 is 2.21 bits per heavy atom. The van der Waals surface area contributed by atoms with E-state index in [4.69, 9.17) is 9.84 Å². The molecule has 1 aliphatic carbocycles. The van der Waals surface area contributed by atoms with E-state index in [1.165, 1.54) is 6.33 Å². The summed E-state index contributed by atoms with van der Waals surface area (Å²) in [6.45, 7) is 1.78. The van der Waals surface area contributed by atoms with Gasteiger partial charge in [0.05, 0.1) is 23.6 Å². The van der Waals surface area contributed by atoms with Crippen molar-refractivity contribution in [1.29, 1.82) is 5.26 Å². The van der Waals surface area contributed by atoms with Crippen molar-refractivity contribution >= 4 is 22.9 Å². The summed E-state index contributed by atoms with van der Waals surface area (Å²) in [5, 5.41) is 17.7. The molecule has 3 aromatic heterocycles. The maximum Gasteiger partial charge on any atom is 0.413 e. The molecule has 3 aromatic rings. The summed E-state index contributed by atoms with van der Waals surface area (Å²) in [7, 11) is 0. The van der Waals surface area contributed by atoms with Gasteiger partial charge in [0, 0.05) is 11.6 Å². The normalized spacial score (nSPS) is 19.9. The number of hydrogen-bond acceptors (Lipinski definition) is 7. The minimum Gasteiger partial charge on any atom is -0.441 e. The molecule has 1 aliphatic heterocycles. The van der Waals surface area contributed by atoms with Gasteiger partial charge in [-0.05, 0) is 38.3 Å². The van der Waals surface area contributed by atoms with Crippen LogP contribution in [-0.4, -0.2) is 30.8 Å². The maximum atomic E-state index is 11.7. The van der Waals surface area contributed by atoms with Crippen LogP contribution in [0.15, 0.2) is 24.7 Å². The van der Waals surface area contributed by atoms with Crippen LogP contribution >= 0.6 is 0 Å². The van der Waals surface area contributed by atoms with E-state index < -0.39 is 12.2 Å². The van der Waals surface area contributed by atoms with Gasteiger partial charge < -0.3 is 4.74 Å². The number of ether oxygens (including phenoxy) is 1. The molecule has 0 bridgehead atoms. The van der Waals surface area contributed by atoms with Gasteiger partial charge in [-0.25, -0.2) is 24.4 Å². The first-order valence-electron chi connectivity index (χ1n) is 9.17. The zero-order valence-corrected chi connectivity index (χ0v) is 15.2. The highest BCUT2D eigenvalue weighted by molar-refractivity contribution is 5.94. The van der Waals surface area contributed by atoms with Crippen LogP contribution in [0.3, 0.4) is 0 Å². The van der Waals surface area contributed by atoms with Crippen LogP contribution in [-0.2, 0) is 10.3 Å². The Labute approximate surface area is 160 Å².